The molecule has 0 bridgehead atoms. The van der Waals surface area contributed by atoms with Crippen LogP contribution in [-0.4, -0.2) is 63.5 Å². The van der Waals surface area contributed by atoms with E-state index in [1.54, 1.807) is 0 Å². The number of aryl methyl sites for hydroxylation is 1. The van der Waals surface area contributed by atoms with Crippen molar-refractivity contribution in [1.82, 2.24) is 24.7 Å². The minimum atomic E-state index is 0.0784. The molecule has 0 aliphatic carbocycles. The molecule has 140 valence electrons. The van der Waals surface area contributed by atoms with Crippen LogP contribution in [0.15, 0.2) is 12.4 Å². The number of piperidine rings is 1. The van der Waals surface area contributed by atoms with Crippen molar-refractivity contribution in [3.05, 3.63) is 18.2 Å². The molecule has 0 aromatic carbocycles. The lowest BCUT2D eigenvalue weighted by Gasteiger charge is -2.41. The largest absolute Gasteiger partial charge is 0.336 e. The van der Waals surface area contributed by atoms with Crippen molar-refractivity contribution in [3.8, 4) is 0 Å². The monoisotopic (exact) mass is 347 g/mol. The Morgan fingerprint density at radius 1 is 1.24 bits per heavy atom. The minimum Gasteiger partial charge on any atom is -0.336 e. The van der Waals surface area contributed by atoms with Crippen LogP contribution in [0.3, 0.4) is 0 Å². The molecule has 2 saturated heterocycles. The Kier molecular flexibility index (Phi) is 5.21. The van der Waals surface area contributed by atoms with Crippen LogP contribution in [0.1, 0.15) is 51.9 Å². The molecule has 3 rings (SSSR count). The first-order valence-corrected chi connectivity index (χ1v) is 9.48. The zero-order valence-electron chi connectivity index (χ0n) is 16.3. The van der Waals surface area contributed by atoms with Gasteiger partial charge in [-0.1, -0.05) is 0 Å². The number of nitrogens with one attached hydrogen (secondary N) is 1. The maximum atomic E-state index is 12.3. The molecule has 25 heavy (non-hydrogen) atoms. The van der Waals surface area contributed by atoms with Gasteiger partial charge in [-0.3, -0.25) is 9.69 Å². The van der Waals surface area contributed by atoms with Gasteiger partial charge in [0.1, 0.15) is 5.82 Å². The number of likely N-dealkylation sites (tertiary alicyclic amines) is 2. The van der Waals surface area contributed by atoms with Crippen molar-refractivity contribution in [1.29, 1.82) is 0 Å². The summed E-state index contributed by atoms with van der Waals surface area (Å²) in [5.41, 5.74) is 0.259. The zero-order chi connectivity index (χ0) is 18.2. The molecule has 3 heterocycles. The second kappa shape index (κ2) is 7.08. The van der Waals surface area contributed by atoms with Gasteiger partial charge in [-0.15, -0.1) is 0 Å². The number of carbonyl (C=O) groups excluding carboxylic acids is 1. The van der Waals surface area contributed by atoms with Gasteiger partial charge in [0.2, 0.25) is 5.91 Å². The highest BCUT2D eigenvalue weighted by atomic mass is 16.2. The molecule has 2 atom stereocenters. The Labute approximate surface area is 151 Å². The third kappa shape index (κ3) is 3.90. The fourth-order valence-corrected chi connectivity index (χ4v) is 4.25. The Morgan fingerprint density at radius 2 is 1.92 bits per heavy atom. The van der Waals surface area contributed by atoms with Crippen LogP contribution in [0.4, 0.5) is 0 Å². The number of amides is 1. The lowest BCUT2D eigenvalue weighted by molar-refractivity contribution is -0.127. The van der Waals surface area contributed by atoms with Gasteiger partial charge in [0, 0.05) is 70.0 Å². The van der Waals surface area contributed by atoms with Crippen molar-refractivity contribution >= 4 is 5.91 Å². The molecule has 2 fully saturated rings. The fourth-order valence-electron chi connectivity index (χ4n) is 4.25. The van der Waals surface area contributed by atoms with Crippen LogP contribution >= 0.6 is 0 Å². The second-order valence-corrected chi connectivity index (χ2v) is 8.65. The average molecular weight is 348 g/mol. The van der Waals surface area contributed by atoms with E-state index in [9.17, 15) is 4.79 Å². The number of aromatic nitrogens is 2. The topological polar surface area (TPSA) is 53.4 Å². The molecule has 1 N–H and O–H groups in total. The summed E-state index contributed by atoms with van der Waals surface area (Å²) >= 11 is 0. The average Bonchev–Trinajstić information content (AvgIpc) is 3.08. The third-order valence-corrected chi connectivity index (χ3v) is 5.93. The standard InChI is InChI=1S/C19H33N5O/c1-19(2,3)24-9-6-15(7-10-24)21-13-14-12-16(25)23(5)17(14)18-20-8-11-22(18)4/h8,11,14-15,17,21H,6-7,9-10,12-13H2,1-5H3/t14-,17+/m0/s1. The van der Waals surface area contributed by atoms with E-state index >= 15 is 0 Å². The van der Waals surface area contributed by atoms with Crippen molar-refractivity contribution in [2.24, 2.45) is 13.0 Å². The Balaban J connectivity index is 1.57. The van der Waals surface area contributed by atoms with Gasteiger partial charge in [-0.05, 0) is 33.6 Å². The van der Waals surface area contributed by atoms with Crippen molar-refractivity contribution < 1.29 is 4.79 Å². The molecule has 1 aromatic heterocycles. The number of hydrogen-bond acceptors (Lipinski definition) is 4. The van der Waals surface area contributed by atoms with Crippen molar-refractivity contribution in [2.45, 2.75) is 57.7 Å². The quantitative estimate of drug-likeness (QED) is 0.902. The zero-order valence-corrected chi connectivity index (χ0v) is 16.3. The first kappa shape index (κ1) is 18.4. The van der Waals surface area contributed by atoms with Crippen LogP contribution in [0.2, 0.25) is 0 Å². The summed E-state index contributed by atoms with van der Waals surface area (Å²) < 4.78 is 2.04. The molecule has 6 nitrogen and oxygen atoms in total. The summed E-state index contributed by atoms with van der Waals surface area (Å²) in [7, 11) is 3.91. The summed E-state index contributed by atoms with van der Waals surface area (Å²) in [6.07, 6.45) is 6.75. The second-order valence-electron chi connectivity index (χ2n) is 8.65. The van der Waals surface area contributed by atoms with Crippen LogP contribution in [-0.2, 0) is 11.8 Å². The lowest BCUT2D eigenvalue weighted by atomic mass is 9.96. The minimum absolute atomic E-state index is 0.0784. The normalized spacial score (nSPS) is 26.6. The van der Waals surface area contributed by atoms with Gasteiger partial charge in [0.15, 0.2) is 0 Å². The molecule has 0 saturated carbocycles. The van der Waals surface area contributed by atoms with E-state index in [-0.39, 0.29) is 17.5 Å². The molecular formula is C19H33N5O. The van der Waals surface area contributed by atoms with E-state index in [1.807, 2.05) is 36.0 Å². The predicted molar refractivity (Wildman–Crippen MR) is 99.2 cm³/mol. The summed E-state index contributed by atoms with van der Waals surface area (Å²) in [4.78, 5) is 21.2. The van der Waals surface area contributed by atoms with Gasteiger partial charge in [0.05, 0.1) is 6.04 Å². The SMILES string of the molecule is CN1C(=O)C[C@@H](CNC2CCN(C(C)(C)C)CC2)[C@@H]1c1nccn1C. The van der Waals surface area contributed by atoms with Gasteiger partial charge in [-0.25, -0.2) is 4.98 Å². The van der Waals surface area contributed by atoms with Crippen LogP contribution < -0.4 is 5.32 Å². The number of rotatable bonds is 4. The highest BCUT2D eigenvalue weighted by molar-refractivity contribution is 5.79. The third-order valence-electron chi connectivity index (χ3n) is 5.93. The number of imidazole rings is 1. The van der Waals surface area contributed by atoms with Crippen LogP contribution in [0, 0.1) is 5.92 Å². The van der Waals surface area contributed by atoms with Gasteiger partial charge < -0.3 is 14.8 Å². The molecule has 0 radical (unpaired) electrons. The molecule has 0 unspecified atom stereocenters. The van der Waals surface area contributed by atoms with E-state index in [4.69, 9.17) is 0 Å². The van der Waals surface area contributed by atoms with Crippen LogP contribution in [0.5, 0.6) is 0 Å². The molecule has 2 aliphatic rings. The number of nitrogens with zero attached hydrogens (tertiary/aromatic N) is 4. The van der Waals surface area contributed by atoms with Gasteiger partial charge in [0.25, 0.3) is 0 Å². The number of carbonyl (C=O) groups is 1. The van der Waals surface area contributed by atoms with E-state index in [1.165, 1.54) is 12.8 Å². The van der Waals surface area contributed by atoms with E-state index in [2.05, 4.69) is 36.0 Å². The summed E-state index contributed by atoms with van der Waals surface area (Å²) in [5, 5.41) is 3.75. The summed E-state index contributed by atoms with van der Waals surface area (Å²) in [6, 6.07) is 0.635. The predicted octanol–water partition coefficient (Wildman–Crippen LogP) is 1.79. The van der Waals surface area contributed by atoms with E-state index in [0.29, 0.717) is 18.4 Å². The number of hydrogen-bond donors (Lipinski definition) is 1. The molecule has 0 spiro atoms. The molecule has 1 aromatic rings. The van der Waals surface area contributed by atoms with E-state index in [0.717, 1.165) is 25.5 Å². The van der Waals surface area contributed by atoms with Gasteiger partial charge >= 0.3 is 0 Å². The fraction of sp³-hybridized carbons (Fsp3) is 0.789. The summed E-state index contributed by atoms with van der Waals surface area (Å²) in [6.45, 7) is 10.0. The van der Waals surface area contributed by atoms with Crippen LogP contribution in [0.25, 0.3) is 0 Å². The van der Waals surface area contributed by atoms with Crippen molar-refractivity contribution in [3.63, 3.8) is 0 Å². The molecular weight excluding hydrogens is 314 g/mol. The molecule has 2 aliphatic heterocycles. The Hall–Kier alpha value is -1.40. The Morgan fingerprint density at radius 3 is 2.48 bits per heavy atom. The maximum Gasteiger partial charge on any atom is 0.223 e. The van der Waals surface area contributed by atoms with E-state index < -0.39 is 0 Å². The summed E-state index contributed by atoms with van der Waals surface area (Å²) in [5.74, 6) is 1.50. The molecule has 1 amide bonds. The maximum absolute atomic E-state index is 12.3. The lowest BCUT2D eigenvalue weighted by Crippen LogP contribution is -2.50. The van der Waals surface area contributed by atoms with Crippen molar-refractivity contribution in [2.75, 3.05) is 26.7 Å². The first-order chi connectivity index (χ1) is 11.8. The smallest absolute Gasteiger partial charge is 0.223 e. The first-order valence-electron chi connectivity index (χ1n) is 9.48. The molecule has 6 heteroatoms. The van der Waals surface area contributed by atoms with Gasteiger partial charge in [-0.2, -0.15) is 0 Å². The highest BCUT2D eigenvalue weighted by Gasteiger charge is 2.40. The Bertz CT molecular complexity index is 597. The highest BCUT2D eigenvalue weighted by Crippen LogP contribution is 2.35.